The highest BCUT2D eigenvalue weighted by Crippen LogP contribution is 2.65. The number of hydrogen-bond donors (Lipinski definition) is 1. The fraction of sp³-hybridized carbons (Fsp3) is 0.231. The topological polar surface area (TPSA) is 46.2 Å². The molecule has 1 fully saturated rings. The zero-order valence-corrected chi connectivity index (χ0v) is 21.8. The highest BCUT2D eigenvalue weighted by atomic mass is 35.5. The predicted molar refractivity (Wildman–Crippen MR) is 141 cm³/mol. The van der Waals surface area contributed by atoms with Crippen LogP contribution in [0.1, 0.15) is 39.9 Å². The number of anilines is 1. The number of halogens is 5. The van der Waals surface area contributed by atoms with Gasteiger partial charge < -0.3 is 5.32 Å². The Morgan fingerprint density at radius 2 is 1.59 bits per heavy atom. The number of aryl methyl sites for hydroxylation is 1. The maximum Gasteiger partial charge on any atom is 0.231 e. The minimum Gasteiger partial charge on any atom is -0.326 e. The van der Waals surface area contributed by atoms with Crippen molar-refractivity contribution in [1.82, 2.24) is 0 Å². The zero-order valence-electron chi connectivity index (χ0n) is 18.0. The molecule has 0 aliphatic heterocycles. The SMILES string of the molecule is CCc1cccc(CC(=O)c2cc(NC(=O)C3C(c4cc(Cl)cc(Cl)c4)C3(Cl)Cl)ccc2Cl)c1. The van der Waals surface area contributed by atoms with Gasteiger partial charge in [0.25, 0.3) is 0 Å². The van der Waals surface area contributed by atoms with Crippen molar-refractivity contribution in [2.45, 2.75) is 30.0 Å². The average Bonchev–Trinajstić information content (AvgIpc) is 3.36. The summed E-state index contributed by atoms with van der Waals surface area (Å²) >= 11 is 31.4. The summed E-state index contributed by atoms with van der Waals surface area (Å²) in [7, 11) is 0. The van der Waals surface area contributed by atoms with Gasteiger partial charge in [-0.15, -0.1) is 23.2 Å². The van der Waals surface area contributed by atoms with E-state index in [0.717, 1.165) is 17.5 Å². The minimum atomic E-state index is -1.30. The third-order valence-electron chi connectivity index (χ3n) is 5.88. The van der Waals surface area contributed by atoms with E-state index < -0.39 is 16.2 Å². The molecule has 8 heteroatoms. The van der Waals surface area contributed by atoms with E-state index in [9.17, 15) is 9.59 Å². The standard InChI is InChI=1S/C26H20Cl5NO2/c1-2-14-4-3-5-15(8-14)9-22(33)20-13-19(6-7-21(20)29)32-25(34)24-23(26(24,30)31)16-10-17(27)12-18(28)11-16/h3-8,10-13,23-24H,2,9H2,1H3,(H,32,34). The lowest BCUT2D eigenvalue weighted by molar-refractivity contribution is -0.117. The van der Waals surface area contributed by atoms with E-state index in [1.54, 1.807) is 36.4 Å². The Labute approximate surface area is 223 Å². The molecule has 1 aliphatic rings. The van der Waals surface area contributed by atoms with Gasteiger partial charge in [0.1, 0.15) is 4.33 Å². The fourth-order valence-electron chi connectivity index (χ4n) is 4.10. The van der Waals surface area contributed by atoms with Gasteiger partial charge in [-0.25, -0.2) is 0 Å². The minimum absolute atomic E-state index is 0.142. The molecule has 0 radical (unpaired) electrons. The second-order valence-corrected chi connectivity index (χ2v) is 11.0. The van der Waals surface area contributed by atoms with Gasteiger partial charge in [0.15, 0.2) is 5.78 Å². The van der Waals surface area contributed by atoms with Crippen molar-refractivity contribution < 1.29 is 9.59 Å². The summed E-state index contributed by atoms with van der Waals surface area (Å²) in [6.07, 6.45) is 1.09. The molecular weight excluding hydrogens is 536 g/mol. The Hall–Kier alpha value is -1.75. The molecule has 0 aromatic heterocycles. The zero-order chi connectivity index (χ0) is 24.6. The lowest BCUT2D eigenvalue weighted by Gasteiger charge is -2.10. The van der Waals surface area contributed by atoms with Crippen molar-refractivity contribution >= 4 is 75.4 Å². The first kappa shape index (κ1) is 25.3. The van der Waals surface area contributed by atoms with Gasteiger partial charge in [-0.3, -0.25) is 9.59 Å². The quantitative estimate of drug-likeness (QED) is 0.236. The molecule has 4 rings (SSSR count). The maximum atomic E-state index is 13.0. The second kappa shape index (κ2) is 10.1. The molecule has 34 heavy (non-hydrogen) atoms. The Bertz CT molecular complexity index is 1250. The van der Waals surface area contributed by atoms with Crippen LogP contribution in [0.2, 0.25) is 15.1 Å². The number of Topliss-reactive ketones (excluding diaryl/α,β-unsaturated/α-hetero) is 1. The number of carbonyl (C=O) groups excluding carboxylic acids is 2. The first-order valence-corrected chi connectivity index (χ1v) is 12.5. The number of rotatable bonds is 7. The molecule has 0 spiro atoms. The van der Waals surface area contributed by atoms with E-state index >= 15 is 0 Å². The normalized spacial score (nSPS) is 18.4. The van der Waals surface area contributed by atoms with Crippen LogP contribution >= 0.6 is 58.0 Å². The molecule has 1 amide bonds. The van der Waals surface area contributed by atoms with Crippen LogP contribution in [0.25, 0.3) is 0 Å². The highest BCUT2D eigenvalue weighted by Gasteiger charge is 2.67. The number of ketones is 1. The summed E-state index contributed by atoms with van der Waals surface area (Å²) < 4.78 is -1.30. The van der Waals surface area contributed by atoms with Crippen molar-refractivity contribution in [1.29, 1.82) is 0 Å². The lowest BCUT2D eigenvalue weighted by Crippen LogP contribution is -2.17. The Balaban J connectivity index is 1.50. The number of amides is 1. The third-order valence-corrected chi connectivity index (χ3v) is 7.59. The fourth-order valence-corrected chi connectivity index (χ4v) is 5.69. The summed E-state index contributed by atoms with van der Waals surface area (Å²) in [5.74, 6) is -1.69. The molecule has 3 aromatic rings. The molecule has 0 saturated heterocycles. The van der Waals surface area contributed by atoms with E-state index in [2.05, 4.69) is 12.2 Å². The monoisotopic (exact) mass is 553 g/mol. The van der Waals surface area contributed by atoms with E-state index in [1.807, 2.05) is 24.3 Å². The highest BCUT2D eigenvalue weighted by molar-refractivity contribution is 6.53. The summed E-state index contributed by atoms with van der Waals surface area (Å²) in [4.78, 5) is 26.0. The van der Waals surface area contributed by atoms with Crippen LogP contribution in [-0.4, -0.2) is 16.0 Å². The number of benzene rings is 3. The first-order chi connectivity index (χ1) is 16.1. The van der Waals surface area contributed by atoms with Gasteiger partial charge in [-0.1, -0.05) is 66.0 Å². The molecule has 1 aliphatic carbocycles. The molecule has 0 heterocycles. The van der Waals surface area contributed by atoms with Crippen molar-refractivity contribution in [3.8, 4) is 0 Å². The Morgan fingerprint density at radius 1 is 0.912 bits per heavy atom. The predicted octanol–water partition coefficient (Wildman–Crippen LogP) is 8.16. The lowest BCUT2D eigenvalue weighted by atomic mass is 10.00. The van der Waals surface area contributed by atoms with Gasteiger partial charge in [-0.2, -0.15) is 0 Å². The van der Waals surface area contributed by atoms with Gasteiger partial charge in [0.2, 0.25) is 5.91 Å². The van der Waals surface area contributed by atoms with Crippen LogP contribution in [0.15, 0.2) is 60.7 Å². The number of nitrogens with one attached hydrogen (secondary N) is 1. The van der Waals surface area contributed by atoms with Gasteiger partial charge in [0, 0.05) is 33.6 Å². The summed E-state index contributed by atoms with van der Waals surface area (Å²) in [5.41, 5.74) is 3.51. The van der Waals surface area contributed by atoms with Crippen LogP contribution in [0, 0.1) is 5.92 Å². The molecule has 1 N–H and O–H groups in total. The van der Waals surface area contributed by atoms with Gasteiger partial charge in [-0.05, 0) is 59.5 Å². The smallest absolute Gasteiger partial charge is 0.231 e. The first-order valence-electron chi connectivity index (χ1n) is 10.7. The van der Waals surface area contributed by atoms with E-state index in [0.29, 0.717) is 31.9 Å². The Kier molecular flexibility index (Phi) is 7.52. The summed E-state index contributed by atoms with van der Waals surface area (Å²) in [6, 6.07) is 17.6. The summed E-state index contributed by atoms with van der Waals surface area (Å²) in [6.45, 7) is 2.06. The summed E-state index contributed by atoms with van der Waals surface area (Å²) in [5, 5.41) is 3.99. The van der Waals surface area contributed by atoms with Crippen molar-refractivity contribution in [2.24, 2.45) is 5.92 Å². The van der Waals surface area contributed by atoms with Gasteiger partial charge >= 0.3 is 0 Å². The number of alkyl halides is 2. The number of carbonyl (C=O) groups is 2. The second-order valence-electron chi connectivity index (χ2n) is 8.29. The van der Waals surface area contributed by atoms with Crippen molar-refractivity contribution in [3.63, 3.8) is 0 Å². The van der Waals surface area contributed by atoms with E-state index in [1.165, 1.54) is 0 Å². The van der Waals surface area contributed by atoms with Crippen LogP contribution in [-0.2, 0) is 17.6 Å². The number of hydrogen-bond acceptors (Lipinski definition) is 2. The molecule has 2 atom stereocenters. The van der Waals surface area contributed by atoms with Crippen LogP contribution in [0.3, 0.4) is 0 Å². The largest absolute Gasteiger partial charge is 0.326 e. The van der Waals surface area contributed by atoms with E-state index in [-0.39, 0.29) is 18.1 Å². The van der Waals surface area contributed by atoms with E-state index in [4.69, 9.17) is 58.0 Å². The maximum absolute atomic E-state index is 13.0. The molecular formula is C26H20Cl5NO2. The molecule has 3 nitrogen and oxygen atoms in total. The molecule has 2 unspecified atom stereocenters. The van der Waals surface area contributed by atoms with Crippen LogP contribution in [0.4, 0.5) is 5.69 Å². The van der Waals surface area contributed by atoms with Gasteiger partial charge in [0.05, 0.1) is 10.9 Å². The molecule has 1 saturated carbocycles. The molecule has 3 aromatic carbocycles. The van der Waals surface area contributed by atoms with Crippen LogP contribution < -0.4 is 5.32 Å². The average molecular weight is 556 g/mol. The van der Waals surface area contributed by atoms with Crippen LogP contribution in [0.5, 0.6) is 0 Å². The third kappa shape index (κ3) is 5.40. The molecule has 176 valence electrons. The Morgan fingerprint density at radius 3 is 2.26 bits per heavy atom. The van der Waals surface area contributed by atoms with Crippen molar-refractivity contribution in [3.05, 3.63) is 98.0 Å². The van der Waals surface area contributed by atoms with Crippen molar-refractivity contribution in [2.75, 3.05) is 5.32 Å². The molecule has 0 bridgehead atoms.